The lowest BCUT2D eigenvalue weighted by Gasteiger charge is -2.08. The van der Waals surface area contributed by atoms with Gasteiger partial charge in [-0.1, -0.05) is 0 Å². The Kier molecular flexibility index (Phi) is 4.38. The Balaban J connectivity index is 2.33. The van der Waals surface area contributed by atoms with Gasteiger partial charge in [-0.25, -0.2) is 9.71 Å². The molecule has 114 valence electrons. The topological polar surface area (TPSA) is 122 Å². The van der Waals surface area contributed by atoms with Crippen LogP contribution < -0.4 is 14.8 Å². The van der Waals surface area contributed by atoms with Crippen LogP contribution in [0.4, 0.5) is 5.95 Å². The summed E-state index contributed by atoms with van der Waals surface area (Å²) in [7, 11) is -0.695. The summed E-state index contributed by atoms with van der Waals surface area (Å²) < 4.78 is 32.0. The van der Waals surface area contributed by atoms with E-state index in [0.29, 0.717) is 17.8 Å². The maximum atomic E-state index is 12.3. The molecule has 0 aliphatic heterocycles. The number of aryl methyl sites for hydroxylation is 1. The predicted octanol–water partition coefficient (Wildman–Crippen LogP) is 0.0369. The van der Waals surface area contributed by atoms with Crippen LogP contribution in [0.15, 0.2) is 17.3 Å². The molecule has 0 saturated heterocycles. The molecule has 2 rings (SSSR count). The summed E-state index contributed by atoms with van der Waals surface area (Å²) in [4.78, 5) is 7.97. The summed E-state index contributed by atoms with van der Waals surface area (Å²) >= 11 is 0. The first-order chi connectivity index (χ1) is 9.96. The Morgan fingerprint density at radius 2 is 2.14 bits per heavy atom. The van der Waals surface area contributed by atoms with Crippen molar-refractivity contribution < 1.29 is 13.2 Å². The molecule has 10 heteroatoms. The van der Waals surface area contributed by atoms with Crippen molar-refractivity contribution in [2.24, 2.45) is 0 Å². The number of aromatic amines is 1. The lowest BCUT2D eigenvalue weighted by Crippen LogP contribution is -2.18. The normalized spacial score (nSPS) is 11.4. The van der Waals surface area contributed by atoms with E-state index in [1.165, 1.54) is 13.3 Å². The van der Waals surface area contributed by atoms with Gasteiger partial charge < -0.3 is 10.1 Å². The van der Waals surface area contributed by atoms with Gasteiger partial charge in [-0.3, -0.25) is 5.10 Å². The van der Waals surface area contributed by atoms with Crippen molar-refractivity contribution in [3.63, 3.8) is 0 Å². The second-order valence-electron chi connectivity index (χ2n) is 4.24. The Hall–Kier alpha value is -2.20. The van der Waals surface area contributed by atoms with E-state index < -0.39 is 10.0 Å². The number of sulfonamides is 1. The predicted molar refractivity (Wildman–Crippen MR) is 75.5 cm³/mol. The number of ether oxygens (including phenoxy) is 1. The first-order valence-corrected chi connectivity index (χ1v) is 7.54. The Morgan fingerprint density at radius 1 is 1.38 bits per heavy atom. The van der Waals surface area contributed by atoms with E-state index >= 15 is 0 Å². The van der Waals surface area contributed by atoms with Gasteiger partial charge in [0.25, 0.3) is 10.0 Å². The fraction of sp³-hybridized carbons (Fsp3) is 0.364. The molecule has 2 aromatic heterocycles. The SMILES string of the molecule is CNCc1cn[nH]c1S(=O)(=O)Nc1nc(C)cc(OC)n1. The van der Waals surface area contributed by atoms with Crippen LogP contribution in [0, 0.1) is 6.92 Å². The van der Waals surface area contributed by atoms with Gasteiger partial charge in [-0.05, 0) is 14.0 Å². The molecule has 21 heavy (non-hydrogen) atoms. The monoisotopic (exact) mass is 312 g/mol. The van der Waals surface area contributed by atoms with E-state index in [1.807, 2.05) is 0 Å². The maximum absolute atomic E-state index is 12.3. The van der Waals surface area contributed by atoms with Crippen molar-refractivity contribution in [1.29, 1.82) is 0 Å². The molecule has 0 spiro atoms. The molecule has 3 N–H and O–H groups in total. The first-order valence-electron chi connectivity index (χ1n) is 6.05. The van der Waals surface area contributed by atoms with Gasteiger partial charge in [-0.15, -0.1) is 0 Å². The van der Waals surface area contributed by atoms with Crippen LogP contribution in [-0.2, 0) is 16.6 Å². The third-order valence-corrected chi connectivity index (χ3v) is 3.92. The molecule has 0 aliphatic rings. The third-order valence-electron chi connectivity index (χ3n) is 2.58. The standard InChI is InChI=1S/C11H16N6O3S/c1-7-4-9(20-3)15-11(14-7)17-21(18,19)10-8(5-12-2)6-13-16-10/h4,6,12H,5H2,1-3H3,(H,13,16)(H,14,15,17). The van der Waals surface area contributed by atoms with Crippen LogP contribution in [0.5, 0.6) is 5.88 Å². The third kappa shape index (κ3) is 3.47. The molecule has 0 bridgehead atoms. The van der Waals surface area contributed by atoms with Gasteiger partial charge in [0, 0.05) is 23.9 Å². The highest BCUT2D eigenvalue weighted by atomic mass is 32.2. The molecule has 0 atom stereocenters. The second kappa shape index (κ2) is 6.06. The average Bonchev–Trinajstić information content (AvgIpc) is 2.87. The average molecular weight is 312 g/mol. The fourth-order valence-electron chi connectivity index (χ4n) is 1.71. The molecular formula is C11H16N6O3S. The number of methoxy groups -OCH3 is 1. The van der Waals surface area contributed by atoms with Crippen molar-refractivity contribution in [3.8, 4) is 5.88 Å². The van der Waals surface area contributed by atoms with Crippen molar-refractivity contribution in [1.82, 2.24) is 25.5 Å². The molecule has 0 aliphatic carbocycles. The largest absolute Gasteiger partial charge is 0.481 e. The molecule has 0 aromatic carbocycles. The van der Waals surface area contributed by atoms with Crippen LogP contribution in [0.2, 0.25) is 0 Å². The quantitative estimate of drug-likeness (QED) is 0.688. The van der Waals surface area contributed by atoms with Crippen LogP contribution in [-0.4, -0.2) is 42.7 Å². The van der Waals surface area contributed by atoms with Gasteiger partial charge in [0.15, 0.2) is 5.03 Å². The molecule has 9 nitrogen and oxygen atoms in total. The van der Waals surface area contributed by atoms with Crippen molar-refractivity contribution in [3.05, 3.63) is 23.5 Å². The van der Waals surface area contributed by atoms with Crippen LogP contribution in [0.3, 0.4) is 0 Å². The zero-order valence-corrected chi connectivity index (χ0v) is 12.7. The molecule has 2 aromatic rings. The highest BCUT2D eigenvalue weighted by Gasteiger charge is 2.22. The number of aromatic nitrogens is 4. The van der Waals surface area contributed by atoms with Gasteiger partial charge >= 0.3 is 0 Å². The summed E-state index contributed by atoms with van der Waals surface area (Å²) in [5.74, 6) is 0.220. The lowest BCUT2D eigenvalue weighted by atomic mass is 10.4. The highest BCUT2D eigenvalue weighted by molar-refractivity contribution is 7.92. The molecule has 0 fully saturated rings. The van der Waals surface area contributed by atoms with Crippen LogP contribution in [0.25, 0.3) is 0 Å². The molecule has 2 heterocycles. The van der Waals surface area contributed by atoms with Crippen molar-refractivity contribution >= 4 is 16.0 Å². The number of hydrogen-bond donors (Lipinski definition) is 3. The Bertz CT molecular complexity index is 727. The summed E-state index contributed by atoms with van der Waals surface area (Å²) in [5.41, 5.74) is 1.10. The molecular weight excluding hydrogens is 296 g/mol. The van der Waals surface area contributed by atoms with E-state index in [4.69, 9.17) is 4.74 Å². The van der Waals surface area contributed by atoms with Crippen LogP contribution >= 0.6 is 0 Å². The van der Waals surface area contributed by atoms with E-state index in [-0.39, 0.29) is 16.9 Å². The minimum absolute atomic E-state index is 0.0269. The number of H-pyrrole nitrogens is 1. The number of hydrogen-bond acceptors (Lipinski definition) is 7. The van der Waals surface area contributed by atoms with Crippen molar-refractivity contribution in [2.75, 3.05) is 18.9 Å². The summed E-state index contributed by atoms with van der Waals surface area (Å²) in [6.07, 6.45) is 1.45. The van der Waals surface area contributed by atoms with E-state index in [2.05, 4.69) is 30.2 Å². The minimum atomic E-state index is -3.85. The highest BCUT2D eigenvalue weighted by Crippen LogP contribution is 2.17. The van der Waals surface area contributed by atoms with Crippen molar-refractivity contribution in [2.45, 2.75) is 18.5 Å². The second-order valence-corrected chi connectivity index (χ2v) is 5.85. The minimum Gasteiger partial charge on any atom is -0.481 e. The van der Waals surface area contributed by atoms with Crippen LogP contribution in [0.1, 0.15) is 11.3 Å². The lowest BCUT2D eigenvalue weighted by molar-refractivity contribution is 0.397. The molecule has 0 radical (unpaired) electrons. The summed E-state index contributed by atoms with van der Waals surface area (Å²) in [5, 5.41) is 9.06. The number of rotatable bonds is 6. The molecule has 0 amide bonds. The first kappa shape index (κ1) is 15.2. The zero-order chi connectivity index (χ0) is 15.5. The smallest absolute Gasteiger partial charge is 0.281 e. The molecule has 0 saturated carbocycles. The summed E-state index contributed by atoms with van der Waals surface area (Å²) in [6, 6.07) is 1.60. The number of nitrogens with zero attached hydrogens (tertiary/aromatic N) is 3. The van der Waals surface area contributed by atoms with E-state index in [0.717, 1.165) is 0 Å². The van der Waals surface area contributed by atoms with Gasteiger partial charge in [0.2, 0.25) is 11.8 Å². The van der Waals surface area contributed by atoms with Gasteiger partial charge in [0.1, 0.15) is 0 Å². The number of anilines is 1. The van der Waals surface area contributed by atoms with E-state index in [1.54, 1.807) is 20.0 Å². The number of nitrogens with one attached hydrogen (secondary N) is 3. The summed E-state index contributed by atoms with van der Waals surface area (Å²) in [6.45, 7) is 2.08. The zero-order valence-electron chi connectivity index (χ0n) is 11.8. The Morgan fingerprint density at radius 3 is 2.81 bits per heavy atom. The maximum Gasteiger partial charge on any atom is 0.281 e. The van der Waals surface area contributed by atoms with Gasteiger partial charge in [0.05, 0.1) is 13.3 Å². The van der Waals surface area contributed by atoms with Gasteiger partial charge in [-0.2, -0.15) is 18.5 Å². The Labute approximate surface area is 122 Å². The fourth-order valence-corrected chi connectivity index (χ4v) is 2.79. The molecule has 0 unspecified atom stereocenters. The van der Waals surface area contributed by atoms with E-state index in [9.17, 15) is 8.42 Å².